The van der Waals surface area contributed by atoms with Crippen LogP contribution in [0.4, 0.5) is 0 Å². The Kier molecular flexibility index (Phi) is 6.14. The molecule has 0 aliphatic carbocycles. The zero-order chi connectivity index (χ0) is 11.3. The zero-order valence-electron chi connectivity index (χ0n) is 8.43. The Labute approximate surface area is 116 Å². The van der Waals surface area contributed by atoms with Crippen LogP contribution in [0.3, 0.4) is 0 Å². The van der Waals surface area contributed by atoms with Gasteiger partial charge >= 0.3 is 0 Å². The molecule has 1 amide bonds. The van der Waals surface area contributed by atoms with Crippen LogP contribution < -0.4 is 5.32 Å². The second-order valence-corrected chi connectivity index (χ2v) is 6.79. The summed E-state index contributed by atoms with van der Waals surface area (Å²) in [5.41, 5.74) is 0.775. The van der Waals surface area contributed by atoms with Gasteiger partial charge in [0, 0.05) is 16.8 Å². The molecule has 0 fully saturated rings. The maximum atomic E-state index is 11.8. The van der Waals surface area contributed by atoms with Crippen molar-refractivity contribution in [1.29, 1.82) is 0 Å². The van der Waals surface area contributed by atoms with Crippen molar-refractivity contribution in [2.45, 2.75) is 25.8 Å². The molecule has 1 unspecified atom stereocenters. The number of alkyl halides is 1. The van der Waals surface area contributed by atoms with E-state index in [1.54, 1.807) is 11.3 Å². The highest BCUT2D eigenvalue weighted by atomic mass is 127. The summed E-state index contributed by atoms with van der Waals surface area (Å²) in [6.07, 6.45) is 1.95. The Bertz CT molecular complexity index is 329. The second-order valence-electron chi connectivity index (χ2n) is 3.20. The quantitative estimate of drug-likeness (QED) is 0.592. The predicted octanol–water partition coefficient (Wildman–Crippen LogP) is 3.65. The molecule has 1 rings (SSSR count). The summed E-state index contributed by atoms with van der Waals surface area (Å²) in [5.74, 6) is 0.0435. The first-order valence-corrected chi connectivity index (χ1v) is 7.86. The van der Waals surface area contributed by atoms with E-state index in [0.29, 0.717) is 0 Å². The molecule has 0 radical (unpaired) electrons. The molecule has 1 aromatic rings. The fraction of sp³-hybridized carbons (Fsp3) is 0.500. The summed E-state index contributed by atoms with van der Waals surface area (Å²) in [6.45, 7) is 2.09. The fourth-order valence-corrected chi connectivity index (χ4v) is 3.09. The summed E-state index contributed by atoms with van der Waals surface area (Å²) in [5, 5.41) is 5.86. The molecule has 1 atom stereocenters. The molecule has 1 N–H and O–H groups in total. The van der Waals surface area contributed by atoms with Gasteiger partial charge in [0.2, 0.25) is 0 Å². The molecule has 0 saturated heterocycles. The Morgan fingerprint density at radius 1 is 1.73 bits per heavy atom. The van der Waals surface area contributed by atoms with Gasteiger partial charge in [-0.2, -0.15) is 0 Å². The van der Waals surface area contributed by atoms with Gasteiger partial charge in [-0.05, 0) is 41.5 Å². The van der Waals surface area contributed by atoms with E-state index < -0.39 is 0 Å². The maximum absolute atomic E-state index is 11.8. The number of hydrogen-bond acceptors (Lipinski definition) is 2. The fourth-order valence-electron chi connectivity index (χ4n) is 1.21. The van der Waals surface area contributed by atoms with E-state index in [4.69, 9.17) is 0 Å². The smallest absolute Gasteiger partial charge is 0.252 e. The third-order valence-corrected chi connectivity index (χ3v) is 4.36. The number of halogens is 2. The second kappa shape index (κ2) is 6.85. The lowest BCUT2D eigenvalue weighted by atomic mass is 10.1. The van der Waals surface area contributed by atoms with Crippen molar-refractivity contribution < 1.29 is 4.79 Å². The van der Waals surface area contributed by atoms with Crippen molar-refractivity contribution in [2.75, 3.05) is 5.33 Å². The molecule has 0 saturated carbocycles. The molecule has 0 spiro atoms. The minimum absolute atomic E-state index is 0.0435. The van der Waals surface area contributed by atoms with E-state index in [9.17, 15) is 4.79 Å². The molecule has 0 aliphatic heterocycles. The van der Waals surface area contributed by atoms with Gasteiger partial charge in [0.25, 0.3) is 5.91 Å². The lowest BCUT2D eigenvalue weighted by molar-refractivity contribution is 0.0935. The molecule has 84 valence electrons. The molecule has 1 aromatic heterocycles. The predicted molar refractivity (Wildman–Crippen MR) is 77.0 cm³/mol. The molecule has 0 bridgehead atoms. The van der Waals surface area contributed by atoms with Crippen molar-refractivity contribution in [3.63, 3.8) is 0 Å². The molecule has 15 heavy (non-hydrogen) atoms. The minimum Gasteiger partial charge on any atom is -0.349 e. The molecule has 1 heterocycles. The van der Waals surface area contributed by atoms with Crippen LogP contribution in [0.2, 0.25) is 0 Å². The van der Waals surface area contributed by atoms with Crippen LogP contribution in [0.1, 0.15) is 30.1 Å². The average molecular weight is 402 g/mol. The monoisotopic (exact) mass is 401 g/mol. The summed E-state index contributed by atoms with van der Waals surface area (Å²) >= 11 is 7.21. The van der Waals surface area contributed by atoms with E-state index >= 15 is 0 Å². The normalized spacial score (nSPS) is 12.5. The number of rotatable bonds is 5. The Morgan fingerprint density at radius 3 is 2.93 bits per heavy atom. The minimum atomic E-state index is 0.0435. The SMILES string of the molecule is CCC(CCBr)NC(=O)c1csc(I)c1. The van der Waals surface area contributed by atoms with E-state index in [1.807, 2.05) is 11.4 Å². The number of carbonyl (C=O) groups is 1. The average Bonchev–Trinajstić information content (AvgIpc) is 2.64. The van der Waals surface area contributed by atoms with Gasteiger partial charge in [-0.15, -0.1) is 11.3 Å². The summed E-state index contributed by atoms with van der Waals surface area (Å²) < 4.78 is 1.14. The Hall–Kier alpha value is 0.380. The molecule has 0 aliphatic rings. The van der Waals surface area contributed by atoms with Gasteiger partial charge in [-0.1, -0.05) is 22.9 Å². The van der Waals surface area contributed by atoms with E-state index in [-0.39, 0.29) is 11.9 Å². The van der Waals surface area contributed by atoms with Crippen LogP contribution in [0.25, 0.3) is 0 Å². The van der Waals surface area contributed by atoms with Crippen molar-refractivity contribution in [1.82, 2.24) is 5.32 Å². The highest BCUT2D eigenvalue weighted by Gasteiger charge is 2.12. The molecule has 0 aromatic carbocycles. The van der Waals surface area contributed by atoms with Crippen LogP contribution in [0.15, 0.2) is 11.4 Å². The third-order valence-electron chi connectivity index (χ3n) is 2.12. The van der Waals surface area contributed by atoms with Crippen LogP contribution in [0, 0.1) is 2.88 Å². The van der Waals surface area contributed by atoms with Crippen LogP contribution in [0.5, 0.6) is 0 Å². The van der Waals surface area contributed by atoms with Crippen molar-refractivity contribution >= 4 is 55.8 Å². The van der Waals surface area contributed by atoms with Crippen molar-refractivity contribution in [3.8, 4) is 0 Å². The summed E-state index contributed by atoms with van der Waals surface area (Å²) in [6, 6.07) is 2.19. The first-order chi connectivity index (χ1) is 7.17. The lowest BCUT2D eigenvalue weighted by Crippen LogP contribution is -2.34. The van der Waals surface area contributed by atoms with Gasteiger partial charge in [0.1, 0.15) is 0 Å². The summed E-state index contributed by atoms with van der Waals surface area (Å²) in [4.78, 5) is 11.8. The first kappa shape index (κ1) is 13.4. The van der Waals surface area contributed by atoms with Gasteiger partial charge in [-0.3, -0.25) is 4.79 Å². The molecular weight excluding hydrogens is 389 g/mol. The van der Waals surface area contributed by atoms with Gasteiger partial charge in [0.05, 0.1) is 8.45 Å². The van der Waals surface area contributed by atoms with Crippen LogP contribution in [-0.4, -0.2) is 17.3 Å². The number of amides is 1. The maximum Gasteiger partial charge on any atom is 0.252 e. The third kappa shape index (κ3) is 4.40. The van der Waals surface area contributed by atoms with E-state index in [1.165, 1.54) is 0 Å². The lowest BCUT2D eigenvalue weighted by Gasteiger charge is -2.14. The largest absolute Gasteiger partial charge is 0.349 e. The van der Waals surface area contributed by atoms with Gasteiger partial charge in [-0.25, -0.2) is 0 Å². The van der Waals surface area contributed by atoms with E-state index in [2.05, 4.69) is 50.8 Å². The number of thiophene rings is 1. The van der Waals surface area contributed by atoms with Crippen molar-refractivity contribution in [2.24, 2.45) is 0 Å². The van der Waals surface area contributed by atoms with Gasteiger partial charge < -0.3 is 5.32 Å². The summed E-state index contributed by atoms with van der Waals surface area (Å²) in [7, 11) is 0. The standard InChI is InChI=1S/C10H13BrINOS/c1-2-8(3-4-11)13-10(14)7-5-9(12)15-6-7/h5-6,8H,2-4H2,1H3,(H,13,14). The molecule has 5 heteroatoms. The van der Waals surface area contributed by atoms with Crippen LogP contribution in [-0.2, 0) is 0 Å². The van der Waals surface area contributed by atoms with Crippen LogP contribution >= 0.6 is 49.9 Å². The van der Waals surface area contributed by atoms with E-state index in [0.717, 1.165) is 26.6 Å². The van der Waals surface area contributed by atoms with Gasteiger partial charge in [0.15, 0.2) is 0 Å². The number of hydrogen-bond donors (Lipinski definition) is 1. The molecular formula is C10H13BrINOS. The molecule has 2 nitrogen and oxygen atoms in total. The number of carbonyl (C=O) groups excluding carboxylic acids is 1. The van der Waals surface area contributed by atoms with Crippen molar-refractivity contribution in [3.05, 3.63) is 19.9 Å². The topological polar surface area (TPSA) is 29.1 Å². The zero-order valence-corrected chi connectivity index (χ0v) is 13.0. The highest BCUT2D eigenvalue weighted by Crippen LogP contribution is 2.16. The number of nitrogens with one attached hydrogen (secondary N) is 1. The highest BCUT2D eigenvalue weighted by molar-refractivity contribution is 14.1. The Balaban J connectivity index is 2.54. The first-order valence-electron chi connectivity index (χ1n) is 4.78. The Morgan fingerprint density at radius 2 is 2.47 bits per heavy atom.